The lowest BCUT2D eigenvalue weighted by Gasteiger charge is -2.19. The topological polar surface area (TPSA) is 122 Å². The molecule has 2 aliphatic rings. The highest BCUT2D eigenvalue weighted by atomic mass is 19.4. The Labute approximate surface area is 210 Å². The largest absolute Gasteiger partial charge is 0.493 e. The summed E-state index contributed by atoms with van der Waals surface area (Å²) < 4.78 is 65.3. The number of hydrogen-bond donors (Lipinski definition) is 2. The molecule has 0 bridgehead atoms. The number of aromatic nitrogens is 2. The molecule has 5 rings (SSSR count). The molecule has 1 saturated heterocycles. The van der Waals surface area contributed by atoms with Crippen LogP contribution in [-0.2, 0) is 12.6 Å². The number of nitrogens with zero attached hydrogens (tertiary/aromatic N) is 3. The van der Waals surface area contributed by atoms with Gasteiger partial charge >= 0.3 is 12.1 Å². The van der Waals surface area contributed by atoms with Crippen molar-refractivity contribution in [2.75, 3.05) is 26.4 Å². The van der Waals surface area contributed by atoms with Crippen molar-refractivity contribution in [2.24, 2.45) is 11.5 Å². The molecule has 2 aromatic carbocycles. The van der Waals surface area contributed by atoms with E-state index in [2.05, 4.69) is 10.1 Å². The van der Waals surface area contributed by atoms with Crippen LogP contribution in [0.15, 0.2) is 40.9 Å². The van der Waals surface area contributed by atoms with Crippen molar-refractivity contribution in [1.29, 1.82) is 0 Å². The predicted octanol–water partition coefficient (Wildman–Crippen LogP) is 3.66. The molecule has 1 atom stereocenters. The predicted molar refractivity (Wildman–Crippen MR) is 126 cm³/mol. The number of alkyl halides is 3. The Kier molecular flexibility index (Phi) is 6.81. The molecule has 1 unspecified atom stereocenters. The standard InChI is InChI=1S/C25H26F3N5O4/c26-25(27,28)17-14-16(22-31-23(37-32-22)18-4-1-9-33(18)24(29)30)6-8-19(17)34-10-2-3-15-5-7-20-21(13-15)36-12-11-35-20/h5-8,13-14,18H,1-4,9-12H2,(H3,29,30)/p+1. The molecule has 0 radical (unpaired) electrons. The summed E-state index contributed by atoms with van der Waals surface area (Å²) in [5.74, 6) is 1.56. The second-order valence-electron chi connectivity index (χ2n) is 8.87. The number of guanidine groups is 1. The Morgan fingerprint density at radius 1 is 1.08 bits per heavy atom. The third-order valence-electron chi connectivity index (χ3n) is 6.33. The van der Waals surface area contributed by atoms with E-state index in [9.17, 15) is 13.2 Å². The number of halogens is 3. The molecule has 2 aliphatic heterocycles. The van der Waals surface area contributed by atoms with E-state index in [1.807, 2.05) is 18.2 Å². The number of nitrogens with two attached hydrogens (primary N) is 2. The summed E-state index contributed by atoms with van der Waals surface area (Å²) in [6, 6.07) is 9.07. The molecular weight excluding hydrogens is 491 g/mol. The monoisotopic (exact) mass is 518 g/mol. The fraction of sp³-hybridized carbons (Fsp3) is 0.400. The van der Waals surface area contributed by atoms with Crippen LogP contribution in [0.1, 0.15) is 42.3 Å². The van der Waals surface area contributed by atoms with Gasteiger partial charge in [-0.1, -0.05) is 11.2 Å². The summed E-state index contributed by atoms with van der Waals surface area (Å²) in [6.07, 6.45) is -1.96. The van der Waals surface area contributed by atoms with Gasteiger partial charge in [-0.3, -0.25) is 16.0 Å². The van der Waals surface area contributed by atoms with E-state index in [0.29, 0.717) is 50.5 Å². The minimum Gasteiger partial charge on any atom is -0.493 e. The van der Waals surface area contributed by atoms with Gasteiger partial charge in [0.15, 0.2) is 17.5 Å². The van der Waals surface area contributed by atoms with Crippen LogP contribution in [0, 0.1) is 0 Å². The van der Waals surface area contributed by atoms with E-state index in [1.165, 1.54) is 12.1 Å². The van der Waals surface area contributed by atoms with Gasteiger partial charge in [-0.25, -0.2) is 0 Å². The van der Waals surface area contributed by atoms with Gasteiger partial charge < -0.3 is 18.7 Å². The fourth-order valence-corrected chi connectivity index (χ4v) is 4.54. The lowest BCUT2D eigenvalue weighted by molar-refractivity contribution is -0.555. The van der Waals surface area contributed by atoms with E-state index < -0.39 is 11.7 Å². The number of hydrogen-bond acceptors (Lipinski definition) is 6. The molecule has 4 N–H and O–H groups in total. The molecule has 9 nitrogen and oxygen atoms in total. The van der Waals surface area contributed by atoms with Crippen LogP contribution in [0.3, 0.4) is 0 Å². The molecule has 196 valence electrons. The maximum absolute atomic E-state index is 13.9. The van der Waals surface area contributed by atoms with Crippen molar-refractivity contribution in [2.45, 2.75) is 37.9 Å². The van der Waals surface area contributed by atoms with E-state index in [-0.39, 0.29) is 41.6 Å². The highest BCUT2D eigenvalue weighted by molar-refractivity contribution is 5.70. The second-order valence-corrected chi connectivity index (χ2v) is 8.87. The first-order valence-corrected chi connectivity index (χ1v) is 12.0. The summed E-state index contributed by atoms with van der Waals surface area (Å²) in [5, 5.41) is 3.89. The normalized spacial score (nSPS) is 17.2. The zero-order chi connectivity index (χ0) is 26.0. The lowest BCUT2D eigenvalue weighted by Crippen LogP contribution is -2.35. The Hall–Kier alpha value is -3.96. The molecule has 3 aromatic rings. The summed E-state index contributed by atoms with van der Waals surface area (Å²) in [4.78, 5) is 4.32. The Balaban J connectivity index is 1.27. The van der Waals surface area contributed by atoms with Crippen LogP contribution >= 0.6 is 0 Å². The van der Waals surface area contributed by atoms with Crippen molar-refractivity contribution < 1.29 is 36.5 Å². The molecule has 1 fully saturated rings. The van der Waals surface area contributed by atoms with Crippen molar-refractivity contribution in [3.05, 3.63) is 53.4 Å². The van der Waals surface area contributed by atoms with Crippen LogP contribution in [0.2, 0.25) is 0 Å². The molecular formula is C25H27F3N5O4+. The van der Waals surface area contributed by atoms with Crippen molar-refractivity contribution in [3.63, 3.8) is 0 Å². The van der Waals surface area contributed by atoms with Gasteiger partial charge in [-0.15, -0.1) is 0 Å². The summed E-state index contributed by atoms with van der Waals surface area (Å²) >= 11 is 0. The highest BCUT2D eigenvalue weighted by Gasteiger charge is 2.36. The van der Waals surface area contributed by atoms with Crippen LogP contribution in [0.5, 0.6) is 17.2 Å². The maximum atomic E-state index is 13.9. The molecule has 0 aliphatic carbocycles. The molecule has 0 spiro atoms. The zero-order valence-corrected chi connectivity index (χ0v) is 20.0. The fourth-order valence-electron chi connectivity index (χ4n) is 4.54. The molecule has 1 aromatic heterocycles. The number of aryl methyl sites for hydroxylation is 1. The first-order chi connectivity index (χ1) is 17.8. The van der Waals surface area contributed by atoms with Gasteiger partial charge in [-0.05, 0) is 61.6 Å². The first kappa shape index (κ1) is 24.7. The van der Waals surface area contributed by atoms with E-state index >= 15 is 0 Å². The van der Waals surface area contributed by atoms with Crippen molar-refractivity contribution in [1.82, 2.24) is 10.1 Å². The summed E-state index contributed by atoms with van der Waals surface area (Å²) in [7, 11) is 0. The van der Waals surface area contributed by atoms with Gasteiger partial charge in [0.25, 0.3) is 5.89 Å². The summed E-state index contributed by atoms with van der Waals surface area (Å²) in [5.41, 5.74) is 11.7. The van der Waals surface area contributed by atoms with Gasteiger partial charge in [-0.2, -0.15) is 18.2 Å². The average Bonchev–Trinajstić information content (AvgIpc) is 3.56. The molecule has 3 heterocycles. The minimum absolute atomic E-state index is 0.0492. The zero-order valence-electron chi connectivity index (χ0n) is 20.0. The van der Waals surface area contributed by atoms with E-state index in [1.54, 1.807) is 4.58 Å². The third kappa shape index (κ3) is 5.42. The van der Waals surface area contributed by atoms with Crippen molar-refractivity contribution >= 4 is 5.96 Å². The van der Waals surface area contributed by atoms with E-state index in [0.717, 1.165) is 18.1 Å². The van der Waals surface area contributed by atoms with Crippen molar-refractivity contribution in [3.8, 4) is 28.6 Å². The van der Waals surface area contributed by atoms with Crippen LogP contribution < -0.4 is 25.7 Å². The molecule has 0 amide bonds. The first-order valence-electron chi connectivity index (χ1n) is 12.0. The SMILES string of the molecule is NC(N)=[N+]1CCCC1c1nc(-c2ccc(OCCCc3ccc4c(c3)OCCO4)c(C(F)(F)F)c2)no1. The molecule has 37 heavy (non-hydrogen) atoms. The van der Waals surface area contributed by atoms with Crippen LogP contribution in [0.25, 0.3) is 11.4 Å². The average molecular weight is 519 g/mol. The van der Waals surface area contributed by atoms with E-state index in [4.69, 9.17) is 30.2 Å². The van der Waals surface area contributed by atoms with Gasteiger partial charge in [0, 0.05) is 5.56 Å². The lowest BCUT2D eigenvalue weighted by atomic mass is 10.1. The Bertz CT molecular complexity index is 1300. The van der Waals surface area contributed by atoms with Gasteiger partial charge in [0.2, 0.25) is 5.82 Å². The Morgan fingerprint density at radius 2 is 1.89 bits per heavy atom. The maximum Gasteiger partial charge on any atom is 0.419 e. The highest BCUT2D eigenvalue weighted by Crippen LogP contribution is 2.39. The number of benzene rings is 2. The van der Waals surface area contributed by atoms with Gasteiger partial charge in [0.05, 0.1) is 18.7 Å². The molecule has 12 heteroatoms. The van der Waals surface area contributed by atoms with Gasteiger partial charge in [0.1, 0.15) is 19.0 Å². The third-order valence-corrected chi connectivity index (χ3v) is 6.33. The second kappa shape index (κ2) is 10.2. The van der Waals surface area contributed by atoms with Crippen LogP contribution in [-0.4, -0.2) is 47.0 Å². The summed E-state index contributed by atoms with van der Waals surface area (Å²) in [6.45, 7) is 1.75. The Morgan fingerprint density at radius 3 is 2.68 bits per heavy atom. The number of rotatable bonds is 7. The number of ether oxygens (including phenoxy) is 3. The quantitative estimate of drug-likeness (QED) is 0.276. The number of fused-ring (bicyclic) bond motifs is 1. The smallest absolute Gasteiger partial charge is 0.419 e. The minimum atomic E-state index is -4.63. The van der Waals surface area contributed by atoms with Crippen LogP contribution in [0.4, 0.5) is 13.2 Å². The molecule has 0 saturated carbocycles.